The summed E-state index contributed by atoms with van der Waals surface area (Å²) in [5, 5.41) is 9.07. The molecule has 0 saturated carbocycles. The molecule has 40 heavy (non-hydrogen) atoms. The fourth-order valence-electron chi connectivity index (χ4n) is 6.10. The van der Waals surface area contributed by atoms with Crippen molar-refractivity contribution in [3.63, 3.8) is 0 Å². The Hall–Kier alpha value is -3.99. The molecule has 0 aliphatic carbocycles. The van der Waals surface area contributed by atoms with Crippen molar-refractivity contribution >= 4 is 34.4 Å². The second-order valence-electron chi connectivity index (χ2n) is 10.5. The number of amides is 1. The Morgan fingerprint density at radius 3 is 2.52 bits per heavy atom. The summed E-state index contributed by atoms with van der Waals surface area (Å²) in [6.07, 6.45) is 4.79. The Morgan fingerprint density at radius 1 is 1.15 bits per heavy atom. The van der Waals surface area contributed by atoms with Gasteiger partial charge in [-0.05, 0) is 56.2 Å². The summed E-state index contributed by atoms with van der Waals surface area (Å²) in [4.78, 5) is 35.9. The van der Waals surface area contributed by atoms with Crippen molar-refractivity contribution in [3.05, 3.63) is 77.2 Å². The van der Waals surface area contributed by atoms with E-state index in [1.54, 1.807) is 39.3 Å². The molecule has 1 saturated heterocycles. The van der Waals surface area contributed by atoms with E-state index >= 15 is 0 Å². The quantitative estimate of drug-likeness (QED) is 0.349. The van der Waals surface area contributed by atoms with Gasteiger partial charge in [-0.3, -0.25) is 9.36 Å². The van der Waals surface area contributed by atoms with Crippen molar-refractivity contribution in [1.82, 2.24) is 29.4 Å². The van der Waals surface area contributed by atoms with Crippen molar-refractivity contribution in [1.29, 1.82) is 0 Å². The van der Waals surface area contributed by atoms with Crippen molar-refractivity contribution in [2.45, 2.75) is 50.3 Å². The highest BCUT2D eigenvalue weighted by Gasteiger charge is 2.35. The van der Waals surface area contributed by atoms with E-state index in [1.807, 2.05) is 31.9 Å². The summed E-state index contributed by atoms with van der Waals surface area (Å²) in [6, 6.07) is 8.29. The Morgan fingerprint density at radius 2 is 1.88 bits per heavy atom. The second-order valence-corrected chi connectivity index (χ2v) is 11.6. The largest absolute Gasteiger partial charge is 0.352 e. The summed E-state index contributed by atoms with van der Waals surface area (Å²) in [5.74, 6) is 0.891. The van der Waals surface area contributed by atoms with Gasteiger partial charge >= 0.3 is 5.69 Å². The molecule has 1 amide bonds. The lowest BCUT2D eigenvalue weighted by Gasteiger charge is -2.44. The molecule has 4 heterocycles. The number of hydrogen-bond donors (Lipinski definition) is 0. The van der Waals surface area contributed by atoms with Gasteiger partial charge in [0.05, 0.1) is 24.3 Å². The van der Waals surface area contributed by atoms with Crippen molar-refractivity contribution in [2.24, 2.45) is 0 Å². The predicted octanol–water partition coefficient (Wildman–Crippen LogP) is 4.06. The maximum Gasteiger partial charge on any atom is 0.350 e. The van der Waals surface area contributed by atoms with Gasteiger partial charge in [0, 0.05) is 53.0 Å². The van der Waals surface area contributed by atoms with Crippen LogP contribution in [0.4, 0.5) is 10.2 Å². The number of anilines is 1. The topological polar surface area (TPSA) is 89.2 Å². The van der Waals surface area contributed by atoms with Crippen LogP contribution in [0.2, 0.25) is 0 Å². The molecule has 9 nitrogen and oxygen atoms in total. The van der Waals surface area contributed by atoms with Gasteiger partial charge in [0.15, 0.2) is 0 Å². The standard InChI is InChI=1S/C29H30FN7O2S/c1-5-24(38)37-18(3)13-34(14-19(37)4)28-23-12-17(2)25(20-6-8-21(30)9-7-20)27-26(23)35(29(39)32-28)15-22(16-40-27)36-11-10-31-33-36/h5-12,18-19,22H,1,13-16H2,2-4H3/t18-,19+,22?. The predicted molar refractivity (Wildman–Crippen MR) is 154 cm³/mol. The lowest BCUT2D eigenvalue weighted by molar-refractivity contribution is -0.130. The van der Waals surface area contributed by atoms with Gasteiger partial charge in [-0.25, -0.2) is 13.9 Å². The molecule has 2 aliphatic heterocycles. The van der Waals surface area contributed by atoms with E-state index in [-0.39, 0.29) is 35.5 Å². The number of thioether (sulfide) groups is 1. The van der Waals surface area contributed by atoms with Crippen LogP contribution in [0.15, 0.2) is 65.1 Å². The van der Waals surface area contributed by atoms with Gasteiger partial charge in [-0.1, -0.05) is 23.9 Å². The van der Waals surface area contributed by atoms with Gasteiger partial charge in [-0.2, -0.15) is 4.98 Å². The maximum absolute atomic E-state index is 13.9. The molecule has 0 radical (unpaired) electrons. The normalized spacial score (nSPS) is 20.9. The van der Waals surface area contributed by atoms with Crippen LogP contribution in [0.5, 0.6) is 0 Å². The van der Waals surface area contributed by atoms with Crippen molar-refractivity contribution in [2.75, 3.05) is 23.7 Å². The van der Waals surface area contributed by atoms with Gasteiger partial charge in [0.1, 0.15) is 11.6 Å². The third kappa shape index (κ3) is 4.38. The molecule has 0 spiro atoms. The van der Waals surface area contributed by atoms with E-state index in [2.05, 4.69) is 32.8 Å². The number of nitrogens with zero attached hydrogens (tertiary/aromatic N) is 7. The Kier molecular flexibility index (Phi) is 6.69. The summed E-state index contributed by atoms with van der Waals surface area (Å²) in [6.45, 7) is 11.2. The maximum atomic E-state index is 13.9. The van der Waals surface area contributed by atoms with Gasteiger partial charge in [0.25, 0.3) is 0 Å². The Bertz CT molecular complexity index is 1660. The van der Waals surface area contributed by atoms with Gasteiger partial charge in [-0.15, -0.1) is 16.9 Å². The molecule has 2 aromatic heterocycles. The number of aromatic nitrogens is 5. The number of aryl methyl sites for hydroxylation is 1. The first kappa shape index (κ1) is 26.2. The summed E-state index contributed by atoms with van der Waals surface area (Å²) in [7, 11) is 0. The summed E-state index contributed by atoms with van der Waals surface area (Å²) >= 11 is 1.67. The molecule has 1 unspecified atom stereocenters. The van der Waals surface area contributed by atoms with E-state index in [1.165, 1.54) is 18.2 Å². The molecule has 3 atom stereocenters. The average Bonchev–Trinajstić information content (AvgIpc) is 3.39. The van der Waals surface area contributed by atoms with Crippen LogP contribution in [-0.4, -0.2) is 66.3 Å². The van der Waals surface area contributed by atoms with Gasteiger partial charge < -0.3 is 9.80 Å². The lowest BCUT2D eigenvalue weighted by Crippen LogP contribution is -2.58. The van der Waals surface area contributed by atoms with Crippen LogP contribution in [0, 0.1) is 12.7 Å². The van der Waals surface area contributed by atoms with E-state index in [0.717, 1.165) is 32.5 Å². The SMILES string of the molecule is C=CC(=O)N1[C@H](C)CN(c2nc(=O)n3c4c(c(-c5ccc(F)cc5)c(C)cc24)SCC(n2ccnn2)C3)C[C@@H]1C. The molecular weight excluding hydrogens is 529 g/mol. The molecule has 1 fully saturated rings. The van der Waals surface area contributed by atoms with Gasteiger partial charge in [0.2, 0.25) is 5.91 Å². The number of halogens is 1. The first-order valence-corrected chi connectivity index (χ1v) is 14.3. The zero-order valence-electron chi connectivity index (χ0n) is 22.6. The van der Waals surface area contributed by atoms with E-state index in [4.69, 9.17) is 0 Å². The number of carbonyl (C=O) groups excluding carboxylic acids is 1. The minimum Gasteiger partial charge on any atom is -0.352 e. The number of rotatable bonds is 4. The first-order chi connectivity index (χ1) is 19.3. The van der Waals surface area contributed by atoms with Crippen molar-refractivity contribution < 1.29 is 9.18 Å². The fourth-order valence-corrected chi connectivity index (χ4v) is 7.50. The highest BCUT2D eigenvalue weighted by Crippen LogP contribution is 2.44. The van der Waals surface area contributed by atoms with Crippen LogP contribution in [0.25, 0.3) is 22.0 Å². The van der Waals surface area contributed by atoms with Crippen LogP contribution in [-0.2, 0) is 11.3 Å². The third-order valence-electron chi connectivity index (χ3n) is 7.80. The number of carbonyl (C=O) groups is 1. The average molecular weight is 560 g/mol. The first-order valence-electron chi connectivity index (χ1n) is 13.3. The van der Waals surface area contributed by atoms with Crippen LogP contribution >= 0.6 is 11.8 Å². The summed E-state index contributed by atoms with van der Waals surface area (Å²) in [5.41, 5.74) is 3.35. The third-order valence-corrected chi connectivity index (χ3v) is 9.04. The van der Waals surface area contributed by atoms with Crippen LogP contribution < -0.4 is 10.6 Å². The monoisotopic (exact) mass is 559 g/mol. The Balaban J connectivity index is 1.56. The zero-order valence-corrected chi connectivity index (χ0v) is 23.4. The molecule has 0 bridgehead atoms. The van der Waals surface area contributed by atoms with Crippen molar-refractivity contribution in [3.8, 4) is 11.1 Å². The molecule has 206 valence electrons. The molecule has 0 N–H and O–H groups in total. The number of benzene rings is 2. The molecule has 2 aromatic carbocycles. The number of piperazine rings is 1. The molecule has 4 aromatic rings. The minimum atomic E-state index is -0.338. The molecule has 2 aliphatic rings. The zero-order chi connectivity index (χ0) is 28.1. The number of hydrogen-bond acceptors (Lipinski definition) is 7. The van der Waals surface area contributed by atoms with E-state index < -0.39 is 0 Å². The Labute approximate surface area is 235 Å². The fraction of sp³-hybridized carbons (Fsp3) is 0.345. The molecular formula is C29H30FN7O2S. The van der Waals surface area contributed by atoms with Crippen LogP contribution in [0.3, 0.4) is 0 Å². The van der Waals surface area contributed by atoms with E-state index in [0.29, 0.717) is 31.2 Å². The van der Waals surface area contributed by atoms with Crippen LogP contribution in [0.1, 0.15) is 25.5 Å². The molecule has 6 rings (SSSR count). The highest BCUT2D eigenvalue weighted by atomic mass is 32.2. The van der Waals surface area contributed by atoms with E-state index in [9.17, 15) is 14.0 Å². The smallest absolute Gasteiger partial charge is 0.350 e. The lowest BCUT2D eigenvalue weighted by atomic mass is 9.97. The minimum absolute atomic E-state index is 0.0886. The highest BCUT2D eigenvalue weighted by molar-refractivity contribution is 7.99. The second kappa shape index (κ2) is 10.2. The molecule has 11 heteroatoms. The summed E-state index contributed by atoms with van der Waals surface area (Å²) < 4.78 is 17.4.